The van der Waals surface area contributed by atoms with Crippen LogP contribution < -0.4 is 19.3 Å². The van der Waals surface area contributed by atoms with Gasteiger partial charge in [0.2, 0.25) is 0 Å². The maximum Gasteiger partial charge on any atom is 0.171 e. The largest absolute Gasteiger partial charge is 0.497 e. The minimum absolute atomic E-state index is 0.382. The molecule has 0 radical (unpaired) electrons. The molecular formula is C18H24N4O2. The Morgan fingerprint density at radius 3 is 2.62 bits per heavy atom. The molecule has 0 amide bonds. The van der Waals surface area contributed by atoms with E-state index in [0.29, 0.717) is 5.92 Å². The van der Waals surface area contributed by atoms with Crippen LogP contribution in [0.15, 0.2) is 30.6 Å². The number of aromatic nitrogens is 2. The average Bonchev–Trinajstić information content (AvgIpc) is 3.10. The Bertz CT molecular complexity index is 705. The molecule has 1 aromatic heterocycles. The molecule has 1 atom stereocenters. The predicted molar refractivity (Wildman–Crippen MR) is 95.5 cm³/mol. The van der Waals surface area contributed by atoms with Gasteiger partial charge in [-0.05, 0) is 24.6 Å². The van der Waals surface area contributed by atoms with Crippen molar-refractivity contribution in [1.29, 1.82) is 0 Å². The Morgan fingerprint density at radius 1 is 1.12 bits per heavy atom. The van der Waals surface area contributed by atoms with Crippen molar-refractivity contribution in [1.82, 2.24) is 9.97 Å². The second kappa shape index (κ2) is 6.95. The van der Waals surface area contributed by atoms with Crippen LogP contribution in [0.3, 0.4) is 0 Å². The van der Waals surface area contributed by atoms with E-state index in [4.69, 9.17) is 9.47 Å². The standard InChI is InChI=1S/C18H24N4O2/c1-21(2)17-18(20-9-8-19-17)22-10-7-13(12-22)15-11-14(23-3)5-6-16(15)24-4/h5-6,8-9,11,13H,7,10,12H2,1-4H3/t13-/m1/s1. The molecule has 0 bridgehead atoms. The average molecular weight is 328 g/mol. The van der Waals surface area contributed by atoms with Crippen LogP contribution in [0.1, 0.15) is 17.9 Å². The van der Waals surface area contributed by atoms with Crippen LogP contribution in [0.5, 0.6) is 11.5 Å². The highest BCUT2D eigenvalue weighted by Crippen LogP contribution is 2.38. The van der Waals surface area contributed by atoms with Crippen LogP contribution in [0.2, 0.25) is 0 Å². The highest BCUT2D eigenvalue weighted by molar-refractivity contribution is 5.62. The van der Waals surface area contributed by atoms with Crippen LogP contribution in [0.4, 0.5) is 11.6 Å². The molecule has 1 saturated heterocycles. The number of anilines is 2. The summed E-state index contributed by atoms with van der Waals surface area (Å²) in [6.07, 6.45) is 4.53. The molecule has 0 saturated carbocycles. The van der Waals surface area contributed by atoms with E-state index in [1.165, 1.54) is 5.56 Å². The summed E-state index contributed by atoms with van der Waals surface area (Å²) in [7, 11) is 7.39. The minimum atomic E-state index is 0.382. The van der Waals surface area contributed by atoms with Gasteiger partial charge in [-0.2, -0.15) is 0 Å². The van der Waals surface area contributed by atoms with Crippen molar-refractivity contribution in [2.24, 2.45) is 0 Å². The summed E-state index contributed by atoms with van der Waals surface area (Å²) in [5.41, 5.74) is 1.19. The fourth-order valence-electron chi connectivity index (χ4n) is 3.23. The summed E-state index contributed by atoms with van der Waals surface area (Å²) in [4.78, 5) is 13.3. The molecule has 128 valence electrons. The lowest BCUT2D eigenvalue weighted by Gasteiger charge is -2.23. The molecule has 3 rings (SSSR count). The zero-order valence-corrected chi connectivity index (χ0v) is 14.7. The first-order valence-corrected chi connectivity index (χ1v) is 8.09. The topological polar surface area (TPSA) is 50.7 Å². The second-order valence-electron chi connectivity index (χ2n) is 6.14. The molecule has 2 aromatic rings. The van der Waals surface area contributed by atoms with Crippen molar-refractivity contribution in [3.63, 3.8) is 0 Å². The van der Waals surface area contributed by atoms with E-state index in [1.807, 2.05) is 31.1 Å². The van der Waals surface area contributed by atoms with Crippen molar-refractivity contribution in [2.75, 3.05) is 51.2 Å². The van der Waals surface area contributed by atoms with Crippen LogP contribution in [0, 0.1) is 0 Å². The minimum Gasteiger partial charge on any atom is -0.497 e. The molecule has 2 heterocycles. The Kier molecular flexibility index (Phi) is 4.74. The molecule has 1 fully saturated rings. The summed E-state index contributed by atoms with van der Waals surface area (Å²) in [5, 5.41) is 0. The van der Waals surface area contributed by atoms with E-state index in [1.54, 1.807) is 26.6 Å². The van der Waals surface area contributed by atoms with Gasteiger partial charge < -0.3 is 19.3 Å². The molecule has 0 spiro atoms. The van der Waals surface area contributed by atoms with Gasteiger partial charge in [-0.1, -0.05) is 0 Å². The van der Waals surface area contributed by atoms with E-state index >= 15 is 0 Å². The van der Waals surface area contributed by atoms with E-state index in [0.717, 1.165) is 42.6 Å². The summed E-state index contributed by atoms with van der Waals surface area (Å²) >= 11 is 0. The lowest BCUT2D eigenvalue weighted by molar-refractivity contribution is 0.396. The SMILES string of the molecule is COc1ccc(OC)c([C@@H]2CCN(c3nccnc3N(C)C)C2)c1. The maximum absolute atomic E-state index is 5.55. The van der Waals surface area contributed by atoms with Crippen LogP contribution in [-0.4, -0.2) is 51.4 Å². The first kappa shape index (κ1) is 16.4. The van der Waals surface area contributed by atoms with E-state index in [2.05, 4.69) is 20.9 Å². The molecular weight excluding hydrogens is 304 g/mol. The van der Waals surface area contributed by atoms with Crippen molar-refractivity contribution in [3.8, 4) is 11.5 Å². The number of ether oxygens (including phenoxy) is 2. The number of benzene rings is 1. The third kappa shape index (κ3) is 3.09. The van der Waals surface area contributed by atoms with Crippen LogP contribution in [0.25, 0.3) is 0 Å². The smallest absolute Gasteiger partial charge is 0.171 e. The zero-order valence-electron chi connectivity index (χ0n) is 14.7. The van der Waals surface area contributed by atoms with Gasteiger partial charge in [0.15, 0.2) is 11.6 Å². The van der Waals surface area contributed by atoms with E-state index < -0.39 is 0 Å². The van der Waals surface area contributed by atoms with Gasteiger partial charge in [-0.25, -0.2) is 9.97 Å². The van der Waals surface area contributed by atoms with Crippen molar-refractivity contribution < 1.29 is 9.47 Å². The summed E-state index contributed by atoms with van der Waals surface area (Å²) in [6.45, 7) is 1.84. The maximum atomic E-state index is 5.55. The second-order valence-corrected chi connectivity index (χ2v) is 6.14. The molecule has 0 N–H and O–H groups in total. The molecule has 1 aromatic carbocycles. The summed E-state index contributed by atoms with van der Waals surface area (Å²) < 4.78 is 10.9. The number of rotatable bonds is 5. The van der Waals surface area contributed by atoms with Gasteiger partial charge >= 0.3 is 0 Å². The molecule has 24 heavy (non-hydrogen) atoms. The Morgan fingerprint density at radius 2 is 1.92 bits per heavy atom. The Hall–Kier alpha value is -2.50. The first-order chi connectivity index (χ1) is 11.6. The van der Waals surface area contributed by atoms with Gasteiger partial charge in [0, 0.05) is 51.1 Å². The van der Waals surface area contributed by atoms with E-state index in [-0.39, 0.29) is 0 Å². The third-order valence-corrected chi connectivity index (χ3v) is 4.45. The Labute approximate surface area is 143 Å². The summed E-state index contributed by atoms with van der Waals surface area (Å²) in [6, 6.07) is 5.99. The lowest BCUT2D eigenvalue weighted by atomic mass is 9.97. The normalized spacial score (nSPS) is 17.0. The van der Waals surface area contributed by atoms with Crippen molar-refractivity contribution in [3.05, 3.63) is 36.2 Å². The summed E-state index contributed by atoms with van der Waals surface area (Å²) in [5.74, 6) is 3.99. The number of nitrogens with zero attached hydrogens (tertiary/aromatic N) is 4. The predicted octanol–water partition coefficient (Wildman–Crippen LogP) is 2.55. The third-order valence-electron chi connectivity index (χ3n) is 4.45. The van der Waals surface area contributed by atoms with Gasteiger partial charge in [0.1, 0.15) is 11.5 Å². The van der Waals surface area contributed by atoms with Crippen LogP contribution >= 0.6 is 0 Å². The monoisotopic (exact) mass is 328 g/mol. The molecule has 1 aliphatic heterocycles. The van der Waals surface area contributed by atoms with Crippen molar-refractivity contribution in [2.45, 2.75) is 12.3 Å². The number of hydrogen-bond acceptors (Lipinski definition) is 6. The van der Waals surface area contributed by atoms with Gasteiger partial charge in [-0.15, -0.1) is 0 Å². The van der Waals surface area contributed by atoms with Gasteiger partial charge in [0.25, 0.3) is 0 Å². The molecule has 1 aliphatic rings. The van der Waals surface area contributed by atoms with Gasteiger partial charge in [-0.3, -0.25) is 0 Å². The first-order valence-electron chi connectivity index (χ1n) is 8.09. The fraction of sp³-hybridized carbons (Fsp3) is 0.444. The molecule has 0 unspecified atom stereocenters. The van der Waals surface area contributed by atoms with E-state index in [9.17, 15) is 0 Å². The lowest BCUT2D eigenvalue weighted by Crippen LogP contribution is -2.24. The quantitative estimate of drug-likeness (QED) is 0.841. The van der Waals surface area contributed by atoms with Crippen molar-refractivity contribution >= 4 is 11.6 Å². The number of hydrogen-bond donors (Lipinski definition) is 0. The van der Waals surface area contributed by atoms with Crippen LogP contribution in [-0.2, 0) is 0 Å². The highest BCUT2D eigenvalue weighted by Gasteiger charge is 2.29. The zero-order chi connectivity index (χ0) is 17.1. The Balaban J connectivity index is 1.86. The molecule has 6 nitrogen and oxygen atoms in total. The molecule has 6 heteroatoms. The molecule has 0 aliphatic carbocycles. The van der Waals surface area contributed by atoms with Gasteiger partial charge in [0.05, 0.1) is 14.2 Å². The fourth-order valence-corrected chi connectivity index (χ4v) is 3.23. The highest BCUT2D eigenvalue weighted by atomic mass is 16.5. The number of methoxy groups -OCH3 is 2.